The maximum Gasteiger partial charge on any atom is 0.252 e. The van der Waals surface area contributed by atoms with Gasteiger partial charge in [0.2, 0.25) is 0 Å². The van der Waals surface area contributed by atoms with E-state index in [0.717, 1.165) is 29.9 Å². The zero-order chi connectivity index (χ0) is 55.8. The molecule has 2 aliphatic carbocycles. The average molecular weight is 1040 g/mol. The predicted molar refractivity (Wildman–Crippen MR) is 343 cm³/mol. The van der Waals surface area contributed by atoms with Crippen LogP contribution in [0.5, 0.6) is 0 Å². The average Bonchev–Trinajstić information content (AvgIpc) is 1.68. The predicted octanol–water partition coefficient (Wildman–Crippen LogP) is 18.7. The van der Waals surface area contributed by atoms with Gasteiger partial charge in [0.25, 0.3) is 6.71 Å². The molecular weight excluding hydrogens is 966 g/mol. The van der Waals surface area contributed by atoms with Gasteiger partial charge in [0, 0.05) is 50.8 Å². The van der Waals surface area contributed by atoms with Gasteiger partial charge in [-0.05, 0) is 197 Å². The van der Waals surface area contributed by atoms with Gasteiger partial charge in [0.15, 0.2) is 0 Å². The van der Waals surface area contributed by atoms with Gasteiger partial charge in [-0.3, -0.25) is 0 Å². The highest BCUT2D eigenvalue weighted by Gasteiger charge is 2.54. The molecular formula is C76H76BN3. The second-order valence-corrected chi connectivity index (χ2v) is 28.6. The van der Waals surface area contributed by atoms with Gasteiger partial charge in [-0.15, -0.1) is 0 Å². The minimum atomic E-state index is -0.250. The Kier molecular flexibility index (Phi) is 10.8. The Morgan fingerprint density at radius 1 is 0.400 bits per heavy atom. The third-order valence-corrected chi connectivity index (χ3v) is 19.4. The van der Waals surface area contributed by atoms with Gasteiger partial charge >= 0.3 is 0 Å². The molecule has 4 bridgehead atoms. The highest BCUT2D eigenvalue weighted by Crippen LogP contribution is 2.62. The summed E-state index contributed by atoms with van der Waals surface area (Å²) in [5, 5.41) is 0. The second-order valence-electron chi connectivity index (χ2n) is 28.6. The standard InChI is InChI=1S/C76H76BN3/c1-47-36-51(71(2,3)4)31-34-63(47)79-65-33-30-49(48-24-18-15-19-25-48)39-61(65)77-62-43-57-58-44-66(62)80(68-42-55(41-67(79)70(68)77)78(53-26-20-16-21-27-53)54-28-22-17-23-29-54)64-35-32-52(72(5,6)7)40-56(64)50-37-59-69(75(12,13)45-73(59,8)9)60(38-50)76(58,14)46-74(57,10)11/h15-44H,45-46H2,1-14H3. The summed E-state index contributed by atoms with van der Waals surface area (Å²) >= 11 is 0. The lowest BCUT2D eigenvalue weighted by Gasteiger charge is -2.46. The third kappa shape index (κ3) is 7.46. The highest BCUT2D eigenvalue weighted by molar-refractivity contribution is 7.00. The Morgan fingerprint density at radius 3 is 1.55 bits per heavy atom. The molecule has 14 rings (SSSR count). The van der Waals surface area contributed by atoms with Crippen LogP contribution in [0.4, 0.5) is 51.2 Å². The zero-order valence-electron chi connectivity index (χ0n) is 49.7. The highest BCUT2D eigenvalue weighted by atomic mass is 15.2. The molecule has 1 unspecified atom stereocenters. The lowest BCUT2D eigenvalue weighted by molar-refractivity contribution is 0.392. The van der Waals surface area contributed by atoms with Crippen molar-refractivity contribution in [1.29, 1.82) is 0 Å². The van der Waals surface area contributed by atoms with E-state index < -0.39 is 0 Å². The topological polar surface area (TPSA) is 9.72 Å². The first-order valence-corrected chi connectivity index (χ1v) is 29.5. The fourth-order valence-corrected chi connectivity index (χ4v) is 16.0. The van der Waals surface area contributed by atoms with Gasteiger partial charge in [-0.25, -0.2) is 0 Å². The van der Waals surface area contributed by atoms with E-state index in [1.165, 1.54) is 112 Å². The molecule has 9 aromatic carbocycles. The molecule has 0 fully saturated rings. The quantitative estimate of drug-likeness (QED) is 0.159. The van der Waals surface area contributed by atoms with Crippen molar-refractivity contribution in [1.82, 2.24) is 0 Å². The molecule has 3 heterocycles. The smallest absolute Gasteiger partial charge is 0.252 e. The van der Waals surface area contributed by atoms with E-state index >= 15 is 0 Å². The van der Waals surface area contributed by atoms with E-state index in [0.29, 0.717) is 0 Å². The molecule has 0 N–H and O–H groups in total. The number of fused-ring (bicyclic) bond motifs is 12. The number of hydrogen-bond acceptors (Lipinski definition) is 3. The lowest BCUT2D eigenvalue weighted by Crippen LogP contribution is -2.61. The number of hydrogen-bond donors (Lipinski definition) is 0. The van der Waals surface area contributed by atoms with Crippen molar-refractivity contribution in [2.75, 3.05) is 14.7 Å². The normalized spacial score (nSPS) is 18.3. The van der Waals surface area contributed by atoms with E-state index in [-0.39, 0.29) is 39.2 Å². The maximum atomic E-state index is 2.74. The lowest BCUT2D eigenvalue weighted by atomic mass is 9.33. The molecule has 80 heavy (non-hydrogen) atoms. The van der Waals surface area contributed by atoms with Crippen LogP contribution in [0.3, 0.4) is 0 Å². The maximum absolute atomic E-state index is 2.74. The summed E-state index contributed by atoms with van der Waals surface area (Å²) in [6, 6.07) is 70.9. The van der Waals surface area contributed by atoms with Crippen LogP contribution in [-0.2, 0) is 32.5 Å². The van der Waals surface area contributed by atoms with Crippen LogP contribution in [0.2, 0.25) is 0 Å². The van der Waals surface area contributed by atoms with Crippen molar-refractivity contribution < 1.29 is 0 Å². The molecule has 4 heteroatoms. The van der Waals surface area contributed by atoms with Crippen LogP contribution in [-0.4, -0.2) is 6.71 Å². The molecule has 0 aromatic heterocycles. The molecule has 0 saturated heterocycles. The van der Waals surface area contributed by atoms with E-state index in [4.69, 9.17) is 0 Å². The van der Waals surface area contributed by atoms with Crippen molar-refractivity contribution in [2.45, 2.75) is 142 Å². The Hall–Kier alpha value is -7.56. The first-order chi connectivity index (χ1) is 37.9. The van der Waals surface area contributed by atoms with Crippen LogP contribution in [0.1, 0.15) is 147 Å². The summed E-state index contributed by atoms with van der Waals surface area (Å²) in [7, 11) is 0. The Morgan fingerprint density at radius 2 is 0.938 bits per heavy atom. The largest absolute Gasteiger partial charge is 0.311 e. The number of benzene rings is 9. The molecule has 3 nitrogen and oxygen atoms in total. The van der Waals surface area contributed by atoms with Crippen LogP contribution >= 0.6 is 0 Å². The van der Waals surface area contributed by atoms with E-state index in [1.807, 2.05) is 0 Å². The molecule has 0 saturated carbocycles. The molecule has 1 atom stereocenters. The van der Waals surface area contributed by atoms with Crippen molar-refractivity contribution >= 4 is 74.3 Å². The minimum absolute atomic E-state index is 0.000589. The van der Waals surface area contributed by atoms with Crippen molar-refractivity contribution in [3.05, 3.63) is 226 Å². The van der Waals surface area contributed by atoms with Gasteiger partial charge in [0.1, 0.15) is 0 Å². The molecule has 9 aromatic rings. The van der Waals surface area contributed by atoms with Crippen LogP contribution in [0.15, 0.2) is 182 Å². The van der Waals surface area contributed by atoms with Crippen LogP contribution in [0.25, 0.3) is 22.3 Å². The first kappa shape index (κ1) is 50.6. The van der Waals surface area contributed by atoms with E-state index in [2.05, 4.69) is 294 Å². The summed E-state index contributed by atoms with van der Waals surface area (Å²) in [5.41, 5.74) is 30.8. The van der Waals surface area contributed by atoms with Gasteiger partial charge in [-0.1, -0.05) is 199 Å². The number of anilines is 9. The van der Waals surface area contributed by atoms with Gasteiger partial charge in [0.05, 0.1) is 11.4 Å². The monoisotopic (exact) mass is 1040 g/mol. The molecule has 0 amide bonds. The van der Waals surface area contributed by atoms with Gasteiger partial charge in [-0.2, -0.15) is 0 Å². The molecule has 0 spiro atoms. The van der Waals surface area contributed by atoms with Crippen LogP contribution in [0, 0.1) is 6.92 Å². The SMILES string of the molecule is Cc1cc(C(C)(C)C)ccc1N1c2ccc(-c3ccccc3)cc2B2c3cc4c5cc3N(c3ccc(C(C)(C)C)cc3-c3cc6c(c(c3)C5(C)CC4(C)C)C(C)(C)CC6(C)C)c3cc(N(c4ccccc4)c4ccccc4)cc1c32. The number of aryl methyl sites for hydroxylation is 1. The summed E-state index contributed by atoms with van der Waals surface area (Å²) in [4.78, 5) is 7.86. The zero-order valence-corrected chi connectivity index (χ0v) is 49.7. The molecule has 0 radical (unpaired) electrons. The Balaban J connectivity index is 1.17. The van der Waals surface area contributed by atoms with Gasteiger partial charge < -0.3 is 14.7 Å². The minimum Gasteiger partial charge on any atom is -0.311 e. The van der Waals surface area contributed by atoms with Crippen molar-refractivity contribution in [2.24, 2.45) is 0 Å². The van der Waals surface area contributed by atoms with E-state index in [1.54, 1.807) is 5.56 Å². The van der Waals surface area contributed by atoms with Crippen molar-refractivity contribution in [3.63, 3.8) is 0 Å². The fourth-order valence-electron chi connectivity index (χ4n) is 16.0. The number of nitrogens with zero attached hydrogens (tertiary/aromatic N) is 3. The Labute approximate surface area is 477 Å². The second kappa shape index (κ2) is 17.0. The molecule has 3 aliphatic heterocycles. The Bertz CT molecular complexity index is 4000. The summed E-state index contributed by atoms with van der Waals surface area (Å²) in [6.07, 6.45) is 2.14. The number of para-hydroxylation sites is 2. The van der Waals surface area contributed by atoms with Crippen molar-refractivity contribution in [3.8, 4) is 22.3 Å². The first-order valence-electron chi connectivity index (χ1n) is 29.5. The fraction of sp³-hybridized carbons (Fsp3) is 0.289. The summed E-state index contributed by atoms with van der Waals surface area (Å²) < 4.78 is 0. The summed E-state index contributed by atoms with van der Waals surface area (Å²) in [5.74, 6) is 0. The molecule has 5 aliphatic rings. The van der Waals surface area contributed by atoms with Crippen LogP contribution < -0.4 is 31.1 Å². The summed E-state index contributed by atoms with van der Waals surface area (Å²) in [6.45, 7) is 34.1. The van der Waals surface area contributed by atoms with E-state index in [9.17, 15) is 0 Å². The third-order valence-electron chi connectivity index (χ3n) is 19.4. The molecule has 398 valence electrons. The number of rotatable bonds is 5.